The number of unbranched alkanes of at least 4 members (excludes halogenated alkanes) is 2. The first-order chi connectivity index (χ1) is 32.5. The number of aliphatic hydroxyl groups is 2. The Labute approximate surface area is 394 Å². The van der Waals surface area contributed by atoms with Crippen molar-refractivity contribution >= 4 is 17.9 Å². The van der Waals surface area contributed by atoms with Crippen LogP contribution in [0.15, 0.2) is 96.2 Å². The summed E-state index contributed by atoms with van der Waals surface area (Å²) >= 11 is 0. The van der Waals surface area contributed by atoms with Crippen LogP contribution in [0.1, 0.15) is 95.2 Å². The van der Waals surface area contributed by atoms with Gasteiger partial charge in [-0.15, -0.1) is 6.58 Å². The van der Waals surface area contributed by atoms with E-state index in [0.29, 0.717) is 54.7 Å². The molecule has 3 aromatic carbocycles. The molecule has 0 spiro atoms. The van der Waals surface area contributed by atoms with Gasteiger partial charge >= 0.3 is 12.2 Å². The smallest absolute Gasteiger partial charge is 0.412 e. The summed E-state index contributed by atoms with van der Waals surface area (Å²) in [5.74, 6) is -0.540. The van der Waals surface area contributed by atoms with Gasteiger partial charge in [0.15, 0.2) is 11.5 Å². The second-order valence-corrected chi connectivity index (χ2v) is 18.4. The van der Waals surface area contributed by atoms with Crippen molar-refractivity contribution < 1.29 is 57.8 Å². The zero-order valence-electron chi connectivity index (χ0n) is 39.3. The van der Waals surface area contributed by atoms with Crippen molar-refractivity contribution in [2.45, 2.75) is 109 Å². The zero-order valence-corrected chi connectivity index (χ0v) is 39.3. The molecule has 3 N–H and O–H groups in total. The molecule has 0 aromatic heterocycles. The van der Waals surface area contributed by atoms with E-state index in [9.17, 15) is 15.0 Å². The third-order valence-electron chi connectivity index (χ3n) is 12.6. The molecule has 2 aliphatic carbocycles. The molecule has 0 bridgehead atoms. The Morgan fingerprint density at radius 2 is 1.70 bits per heavy atom. The van der Waals surface area contributed by atoms with Crippen molar-refractivity contribution in [2.24, 2.45) is 22.9 Å². The first-order valence-corrected chi connectivity index (χ1v) is 23.6. The average molecular weight is 926 g/mol. The maximum absolute atomic E-state index is 15.0. The summed E-state index contributed by atoms with van der Waals surface area (Å²) in [5.41, 5.74) is 3.40. The number of allylic oxidation sites excluding steroid dienone is 1. The summed E-state index contributed by atoms with van der Waals surface area (Å²) in [7, 11) is 0. The Kier molecular flexibility index (Phi) is 16.9. The predicted octanol–water partition coefficient (Wildman–Crippen LogP) is 8.81. The number of aliphatic hydroxyl groups excluding tert-OH is 2. The van der Waals surface area contributed by atoms with Crippen molar-refractivity contribution in [2.75, 3.05) is 46.4 Å². The van der Waals surface area contributed by atoms with Crippen molar-refractivity contribution in [3.05, 3.63) is 108 Å². The normalized spacial score (nSPS) is 23.0. The molecule has 15 nitrogen and oxygen atoms in total. The van der Waals surface area contributed by atoms with Gasteiger partial charge in [-0.1, -0.05) is 66.5 Å². The topological polar surface area (TPSA) is 176 Å². The molecule has 2 aliphatic heterocycles. The summed E-state index contributed by atoms with van der Waals surface area (Å²) in [6, 6.07) is 19.9. The lowest BCUT2D eigenvalue weighted by molar-refractivity contribution is -0.256. The molecule has 0 radical (unpaired) electrons. The highest BCUT2D eigenvalue weighted by molar-refractivity contribution is 6.03. The number of fused-ring (bicyclic) bond motifs is 3. The van der Waals surface area contributed by atoms with Gasteiger partial charge in [-0.3, -0.25) is 4.90 Å². The van der Waals surface area contributed by atoms with Gasteiger partial charge in [0.05, 0.1) is 31.5 Å². The Bertz CT molecular complexity index is 2210. The standard InChI is InChI=1S/C52H67N3O12/c1-6-25-64-52-46(55(32-36-19-21-44-45(28-36)63-34-62-44)50(59)61-27-26-60-33-35-15-9-8-10-16-35)31-42(54-67-51(3,4)5)40-29-37(17-11-13-23-56)39(18-12-14-24-57)47(48(40)52)41-30-38(20-22-43(41)66-52)65-49(58)53-7-2/h6,8-10,15-16,19-22,28-30,37,39,46-48,56-57H,1,7,11-14,17-18,23-27,31-34H2,2-5H3,(H,53,58). The molecule has 6 atom stereocenters. The van der Waals surface area contributed by atoms with Crippen molar-refractivity contribution in [3.63, 3.8) is 0 Å². The van der Waals surface area contributed by atoms with Crippen LogP contribution in [0.5, 0.6) is 23.0 Å². The van der Waals surface area contributed by atoms with E-state index in [4.69, 9.17) is 43.2 Å². The molecule has 6 unspecified atom stereocenters. The SMILES string of the molecule is C=CCOC12Oc3ccc(OC(=O)NCC)cc3C3C(CCCCO)C(CCCCO)C=C(C(=NOC(C)(C)C)CC1N(Cc1ccc4c(c1)OCO4)C(=O)OCCOCc1ccccc1)C32. The highest BCUT2D eigenvalue weighted by Gasteiger charge is 2.66. The van der Waals surface area contributed by atoms with Crippen molar-refractivity contribution in [1.29, 1.82) is 0 Å². The number of ether oxygens (including phenoxy) is 7. The minimum absolute atomic E-state index is 0.000476. The van der Waals surface area contributed by atoms with Crippen molar-refractivity contribution in [3.8, 4) is 23.0 Å². The summed E-state index contributed by atoms with van der Waals surface area (Å²) in [5, 5.41) is 27.6. The number of nitrogens with one attached hydrogen (secondary N) is 1. The number of hydrogen-bond acceptors (Lipinski definition) is 13. The van der Waals surface area contributed by atoms with Gasteiger partial charge in [-0.05, 0) is 112 Å². The number of nitrogens with zero attached hydrogens (tertiary/aromatic N) is 2. The molecule has 362 valence electrons. The molecule has 1 saturated carbocycles. The Morgan fingerprint density at radius 1 is 0.940 bits per heavy atom. The Morgan fingerprint density at radius 3 is 2.45 bits per heavy atom. The summed E-state index contributed by atoms with van der Waals surface area (Å²) in [6.07, 6.45) is 7.16. The number of rotatable bonds is 22. The third kappa shape index (κ3) is 11.9. The summed E-state index contributed by atoms with van der Waals surface area (Å²) in [4.78, 5) is 35.8. The number of benzene rings is 3. The van der Waals surface area contributed by atoms with E-state index in [1.807, 2.05) is 82.3 Å². The second kappa shape index (κ2) is 22.9. The van der Waals surface area contributed by atoms with E-state index in [-0.39, 0.29) is 70.5 Å². The number of carbonyl (C=O) groups is 2. The molecule has 2 heterocycles. The molecule has 4 aliphatic rings. The van der Waals surface area contributed by atoms with Gasteiger partial charge < -0.3 is 53.5 Å². The van der Waals surface area contributed by atoms with Crippen LogP contribution in [-0.4, -0.2) is 96.8 Å². The minimum atomic E-state index is -1.56. The van der Waals surface area contributed by atoms with E-state index in [1.54, 1.807) is 23.1 Å². The first-order valence-electron chi connectivity index (χ1n) is 23.6. The predicted molar refractivity (Wildman–Crippen MR) is 251 cm³/mol. The maximum atomic E-state index is 15.0. The molecule has 15 heteroatoms. The molecule has 67 heavy (non-hydrogen) atoms. The average Bonchev–Trinajstić information content (AvgIpc) is 3.79. The molecular weight excluding hydrogens is 859 g/mol. The van der Waals surface area contributed by atoms with E-state index in [2.05, 4.69) is 18.0 Å². The number of carbonyl (C=O) groups excluding carboxylic acids is 2. The summed E-state index contributed by atoms with van der Waals surface area (Å²) < 4.78 is 43.8. The molecule has 7 rings (SSSR count). The van der Waals surface area contributed by atoms with Crippen LogP contribution in [0.25, 0.3) is 0 Å². The van der Waals surface area contributed by atoms with Crippen LogP contribution in [0.4, 0.5) is 9.59 Å². The van der Waals surface area contributed by atoms with E-state index in [0.717, 1.165) is 47.9 Å². The van der Waals surface area contributed by atoms with E-state index >= 15 is 4.79 Å². The Balaban J connectivity index is 1.39. The fraction of sp³-hybridized carbons (Fsp3) is 0.519. The van der Waals surface area contributed by atoms with Gasteiger partial charge in [0, 0.05) is 44.2 Å². The van der Waals surface area contributed by atoms with Crippen LogP contribution < -0.4 is 24.3 Å². The van der Waals surface area contributed by atoms with E-state index < -0.39 is 35.5 Å². The molecular formula is C52H67N3O12. The van der Waals surface area contributed by atoms with Crippen LogP contribution in [0.3, 0.4) is 0 Å². The second-order valence-electron chi connectivity index (χ2n) is 18.4. The number of amides is 2. The quantitative estimate of drug-likeness (QED) is 0.0497. The maximum Gasteiger partial charge on any atom is 0.412 e. The van der Waals surface area contributed by atoms with Crippen molar-refractivity contribution in [1.82, 2.24) is 10.2 Å². The minimum Gasteiger partial charge on any atom is -0.459 e. The lowest BCUT2D eigenvalue weighted by atomic mass is 9.55. The number of hydrogen-bond donors (Lipinski definition) is 3. The van der Waals surface area contributed by atoms with Gasteiger partial charge in [0.2, 0.25) is 12.6 Å². The fourth-order valence-electron chi connectivity index (χ4n) is 9.76. The van der Waals surface area contributed by atoms with Gasteiger partial charge in [0.25, 0.3) is 0 Å². The zero-order chi connectivity index (χ0) is 47.4. The van der Waals surface area contributed by atoms with Crippen LogP contribution in [0.2, 0.25) is 0 Å². The highest BCUT2D eigenvalue weighted by atomic mass is 16.7. The molecule has 1 fully saturated rings. The number of oxime groups is 1. The first kappa shape index (κ1) is 49.3. The highest BCUT2D eigenvalue weighted by Crippen LogP contribution is 2.62. The lowest BCUT2D eigenvalue weighted by Crippen LogP contribution is -2.70. The van der Waals surface area contributed by atoms with Crippen LogP contribution in [0, 0.1) is 17.8 Å². The van der Waals surface area contributed by atoms with Gasteiger partial charge in [0.1, 0.15) is 29.7 Å². The Hall–Kier alpha value is -5.61. The van der Waals surface area contributed by atoms with E-state index in [1.165, 1.54) is 0 Å². The molecule has 3 aromatic rings. The van der Waals surface area contributed by atoms with Gasteiger partial charge in [-0.2, -0.15) is 0 Å². The largest absolute Gasteiger partial charge is 0.459 e. The molecule has 2 amide bonds. The fourth-order valence-corrected chi connectivity index (χ4v) is 9.76. The third-order valence-corrected chi connectivity index (χ3v) is 12.6. The van der Waals surface area contributed by atoms with Crippen LogP contribution in [-0.2, 0) is 32.2 Å². The molecule has 0 saturated heterocycles. The summed E-state index contributed by atoms with van der Waals surface area (Å²) in [6.45, 7) is 12.9. The monoisotopic (exact) mass is 925 g/mol. The van der Waals surface area contributed by atoms with Gasteiger partial charge in [-0.25, -0.2) is 9.59 Å². The van der Waals surface area contributed by atoms with Crippen LogP contribution >= 0.6 is 0 Å². The lowest BCUT2D eigenvalue weighted by Gasteiger charge is -2.60.